The minimum absolute atomic E-state index is 0.0915. The number of hydrogen-bond donors (Lipinski definition) is 2. The predicted octanol–water partition coefficient (Wildman–Crippen LogP) is 1.92. The number of urea groups is 1. The lowest BCUT2D eigenvalue weighted by Gasteiger charge is -2.34. The van der Waals surface area contributed by atoms with Crippen molar-refractivity contribution < 1.29 is 9.53 Å². The van der Waals surface area contributed by atoms with Gasteiger partial charge < -0.3 is 20.7 Å². The van der Waals surface area contributed by atoms with Gasteiger partial charge >= 0.3 is 6.03 Å². The van der Waals surface area contributed by atoms with Crippen LogP contribution >= 0.6 is 11.6 Å². The van der Waals surface area contributed by atoms with E-state index in [1.807, 2.05) is 6.92 Å². The van der Waals surface area contributed by atoms with Crippen LogP contribution in [-0.4, -0.2) is 42.8 Å². The second-order valence-electron chi connectivity index (χ2n) is 4.65. The number of anilines is 1. The summed E-state index contributed by atoms with van der Waals surface area (Å²) in [4.78, 5) is 13.8. The highest BCUT2D eigenvalue weighted by Gasteiger charge is 2.26. The maximum absolute atomic E-state index is 12.1. The fourth-order valence-corrected chi connectivity index (χ4v) is 2.04. The molecule has 6 heteroatoms. The van der Waals surface area contributed by atoms with Gasteiger partial charge in [-0.25, -0.2) is 4.79 Å². The summed E-state index contributed by atoms with van der Waals surface area (Å²) in [7, 11) is 0. The number of benzene rings is 1. The molecule has 0 aromatic heterocycles. The molecule has 0 spiro atoms. The standard InChI is InChI=1S/C13H18ClN3O2/c1-9(15)12-8-17(6-7-19-12)13(18)16-11-4-2-10(14)3-5-11/h2-5,9,12H,6-8,15H2,1H3,(H,16,18). The summed E-state index contributed by atoms with van der Waals surface area (Å²) >= 11 is 5.80. The van der Waals surface area contributed by atoms with E-state index in [4.69, 9.17) is 22.1 Å². The Bertz CT molecular complexity index is 436. The van der Waals surface area contributed by atoms with Crippen molar-refractivity contribution in [1.29, 1.82) is 0 Å². The van der Waals surface area contributed by atoms with Crippen LogP contribution in [0.5, 0.6) is 0 Å². The number of carbonyl (C=O) groups is 1. The second kappa shape index (κ2) is 6.23. The largest absolute Gasteiger partial charge is 0.373 e. The number of morpholine rings is 1. The van der Waals surface area contributed by atoms with Crippen molar-refractivity contribution in [3.05, 3.63) is 29.3 Å². The average Bonchev–Trinajstić information content (AvgIpc) is 2.41. The molecule has 1 heterocycles. The highest BCUT2D eigenvalue weighted by Crippen LogP contribution is 2.15. The lowest BCUT2D eigenvalue weighted by atomic mass is 10.1. The molecule has 2 atom stereocenters. The lowest BCUT2D eigenvalue weighted by Crippen LogP contribution is -2.52. The van der Waals surface area contributed by atoms with E-state index in [1.165, 1.54) is 0 Å². The number of ether oxygens (including phenoxy) is 1. The highest BCUT2D eigenvalue weighted by molar-refractivity contribution is 6.30. The van der Waals surface area contributed by atoms with Gasteiger partial charge in [-0.15, -0.1) is 0 Å². The first-order chi connectivity index (χ1) is 9.06. The van der Waals surface area contributed by atoms with Gasteiger partial charge in [0, 0.05) is 23.3 Å². The molecular formula is C13H18ClN3O2. The summed E-state index contributed by atoms with van der Waals surface area (Å²) in [5.74, 6) is 0. The Hall–Kier alpha value is -1.30. The molecule has 19 heavy (non-hydrogen) atoms. The van der Waals surface area contributed by atoms with Crippen LogP contribution in [0.4, 0.5) is 10.5 Å². The van der Waals surface area contributed by atoms with E-state index < -0.39 is 0 Å². The number of halogens is 1. The third-order valence-electron chi connectivity index (χ3n) is 3.06. The molecule has 2 rings (SSSR count). The Morgan fingerprint density at radius 2 is 2.21 bits per heavy atom. The molecule has 1 saturated heterocycles. The molecule has 1 aromatic rings. The first-order valence-electron chi connectivity index (χ1n) is 6.25. The van der Waals surface area contributed by atoms with Crippen molar-refractivity contribution in [2.75, 3.05) is 25.0 Å². The smallest absolute Gasteiger partial charge is 0.322 e. The summed E-state index contributed by atoms with van der Waals surface area (Å²) in [5, 5.41) is 3.47. The van der Waals surface area contributed by atoms with E-state index in [2.05, 4.69) is 5.32 Å². The van der Waals surface area contributed by atoms with E-state index in [0.29, 0.717) is 24.7 Å². The van der Waals surface area contributed by atoms with Crippen molar-refractivity contribution in [2.45, 2.75) is 19.1 Å². The number of nitrogens with two attached hydrogens (primary N) is 1. The molecule has 1 aromatic carbocycles. The number of hydrogen-bond acceptors (Lipinski definition) is 3. The zero-order valence-electron chi connectivity index (χ0n) is 10.8. The van der Waals surface area contributed by atoms with Crippen molar-refractivity contribution >= 4 is 23.3 Å². The van der Waals surface area contributed by atoms with Crippen LogP contribution in [-0.2, 0) is 4.74 Å². The molecule has 1 aliphatic rings. The minimum Gasteiger partial charge on any atom is -0.373 e. The first kappa shape index (κ1) is 14.1. The lowest BCUT2D eigenvalue weighted by molar-refractivity contribution is -0.0220. The van der Waals surface area contributed by atoms with Crippen LogP contribution in [0.2, 0.25) is 5.02 Å². The number of carbonyl (C=O) groups excluding carboxylic acids is 1. The van der Waals surface area contributed by atoms with Gasteiger partial charge in [-0.05, 0) is 31.2 Å². The van der Waals surface area contributed by atoms with Crippen molar-refractivity contribution in [1.82, 2.24) is 4.90 Å². The number of nitrogens with one attached hydrogen (secondary N) is 1. The van der Waals surface area contributed by atoms with Crippen LogP contribution < -0.4 is 11.1 Å². The molecule has 1 aliphatic heterocycles. The minimum atomic E-state index is -0.142. The van der Waals surface area contributed by atoms with E-state index in [0.717, 1.165) is 5.69 Å². The van der Waals surface area contributed by atoms with Gasteiger partial charge in [0.15, 0.2) is 0 Å². The van der Waals surface area contributed by atoms with E-state index in [9.17, 15) is 4.79 Å². The zero-order valence-corrected chi connectivity index (χ0v) is 11.6. The molecule has 0 bridgehead atoms. The molecule has 2 unspecified atom stereocenters. The SMILES string of the molecule is CC(N)C1CN(C(=O)Nc2ccc(Cl)cc2)CCO1. The molecule has 1 fully saturated rings. The summed E-state index contributed by atoms with van der Waals surface area (Å²) in [6, 6.07) is 6.78. The fraction of sp³-hybridized carbons (Fsp3) is 0.462. The average molecular weight is 284 g/mol. The molecule has 0 aliphatic carbocycles. The zero-order chi connectivity index (χ0) is 13.8. The predicted molar refractivity (Wildman–Crippen MR) is 75.4 cm³/mol. The molecule has 2 amide bonds. The van der Waals surface area contributed by atoms with Crippen molar-refractivity contribution in [3.63, 3.8) is 0 Å². The molecular weight excluding hydrogens is 266 g/mol. The van der Waals surface area contributed by atoms with Crippen molar-refractivity contribution in [2.24, 2.45) is 5.73 Å². The number of nitrogens with zero attached hydrogens (tertiary/aromatic N) is 1. The quantitative estimate of drug-likeness (QED) is 0.871. The van der Waals surface area contributed by atoms with E-state index in [-0.39, 0.29) is 18.2 Å². The van der Waals surface area contributed by atoms with Crippen LogP contribution in [0.15, 0.2) is 24.3 Å². The molecule has 0 radical (unpaired) electrons. The van der Waals surface area contributed by atoms with Gasteiger partial charge in [0.2, 0.25) is 0 Å². The topological polar surface area (TPSA) is 67.6 Å². The van der Waals surface area contributed by atoms with Gasteiger partial charge in [0.05, 0.1) is 19.3 Å². The van der Waals surface area contributed by atoms with Gasteiger partial charge in [-0.1, -0.05) is 11.6 Å². The van der Waals surface area contributed by atoms with E-state index >= 15 is 0 Å². The Morgan fingerprint density at radius 1 is 1.53 bits per heavy atom. The monoisotopic (exact) mass is 283 g/mol. The van der Waals surface area contributed by atoms with Crippen LogP contribution in [0.25, 0.3) is 0 Å². The molecule has 5 nitrogen and oxygen atoms in total. The van der Waals surface area contributed by atoms with Gasteiger partial charge in [-0.3, -0.25) is 0 Å². The Balaban J connectivity index is 1.94. The fourth-order valence-electron chi connectivity index (χ4n) is 1.91. The molecule has 104 valence electrons. The molecule has 0 saturated carbocycles. The van der Waals surface area contributed by atoms with Gasteiger partial charge in [0.25, 0.3) is 0 Å². The molecule has 3 N–H and O–H groups in total. The van der Waals surface area contributed by atoms with Gasteiger partial charge in [0.1, 0.15) is 0 Å². The van der Waals surface area contributed by atoms with E-state index in [1.54, 1.807) is 29.2 Å². The Labute approximate surface area is 117 Å². The maximum atomic E-state index is 12.1. The summed E-state index contributed by atoms with van der Waals surface area (Å²) in [6.07, 6.45) is -0.107. The van der Waals surface area contributed by atoms with Crippen LogP contribution in [0.3, 0.4) is 0 Å². The Morgan fingerprint density at radius 3 is 2.84 bits per heavy atom. The van der Waals surface area contributed by atoms with Gasteiger partial charge in [-0.2, -0.15) is 0 Å². The summed E-state index contributed by atoms with van der Waals surface area (Å²) in [6.45, 7) is 3.48. The summed E-state index contributed by atoms with van der Waals surface area (Å²) < 4.78 is 5.52. The maximum Gasteiger partial charge on any atom is 0.322 e. The third kappa shape index (κ3) is 3.83. The second-order valence-corrected chi connectivity index (χ2v) is 5.09. The van der Waals surface area contributed by atoms with Crippen LogP contribution in [0.1, 0.15) is 6.92 Å². The summed E-state index contributed by atoms with van der Waals surface area (Å²) in [5.41, 5.74) is 6.52. The highest BCUT2D eigenvalue weighted by atomic mass is 35.5. The third-order valence-corrected chi connectivity index (χ3v) is 3.31. The first-order valence-corrected chi connectivity index (χ1v) is 6.63. The Kier molecular flexibility index (Phi) is 4.63. The van der Waals surface area contributed by atoms with Crippen LogP contribution in [0, 0.1) is 0 Å². The van der Waals surface area contributed by atoms with Crippen molar-refractivity contribution in [3.8, 4) is 0 Å². The number of amides is 2. The normalized spacial score (nSPS) is 21.0. The number of rotatable bonds is 2.